The first kappa shape index (κ1) is 29.1. The van der Waals surface area contributed by atoms with Crippen molar-refractivity contribution in [3.63, 3.8) is 0 Å². The highest BCUT2D eigenvalue weighted by atomic mass is 16.3. The molecule has 0 radical (unpaired) electrons. The fourth-order valence-corrected chi connectivity index (χ4v) is 6.41. The van der Waals surface area contributed by atoms with Crippen LogP contribution in [0.2, 0.25) is 0 Å². The topological polar surface area (TPSA) is 185 Å². The molecule has 216 valence electrons. The van der Waals surface area contributed by atoms with Crippen LogP contribution in [0.15, 0.2) is 28.7 Å². The number of carbonyl (C=O) groups is 4. The molecule has 1 aromatic carbocycles. The molecule has 3 aliphatic carbocycles. The maximum atomic E-state index is 14.0. The minimum atomic E-state index is -2.69. The lowest BCUT2D eigenvalue weighted by molar-refractivity contribution is -0.148. The maximum Gasteiger partial charge on any atom is 0.255 e. The van der Waals surface area contributed by atoms with Crippen LogP contribution in [0.3, 0.4) is 0 Å². The second kappa shape index (κ2) is 9.93. The first-order valence-electron chi connectivity index (χ1n) is 13.0. The van der Waals surface area contributed by atoms with Crippen molar-refractivity contribution in [3.05, 3.63) is 45.4 Å². The third-order valence-electron chi connectivity index (χ3n) is 8.37. The molecule has 2 amide bonds. The molecule has 12 nitrogen and oxygen atoms in total. The Morgan fingerprint density at radius 3 is 2.23 bits per heavy atom. The number of nitrogens with zero attached hydrogens (tertiary/aromatic N) is 3. The van der Waals surface area contributed by atoms with Crippen molar-refractivity contribution in [1.82, 2.24) is 9.80 Å². The van der Waals surface area contributed by atoms with Crippen molar-refractivity contribution in [2.75, 3.05) is 47.2 Å². The van der Waals surface area contributed by atoms with E-state index in [0.29, 0.717) is 16.8 Å². The highest BCUT2D eigenvalue weighted by Crippen LogP contribution is 2.53. The van der Waals surface area contributed by atoms with Crippen LogP contribution in [0.25, 0.3) is 0 Å². The smallest absolute Gasteiger partial charge is 0.255 e. The zero-order valence-electron chi connectivity index (χ0n) is 23.5. The zero-order valence-corrected chi connectivity index (χ0v) is 23.5. The quantitative estimate of drug-likeness (QED) is 0.303. The van der Waals surface area contributed by atoms with Gasteiger partial charge in [-0.25, -0.2) is 0 Å². The number of phenols is 1. The number of likely N-dealkylation sites (N-methyl/N-ethyl adjacent to an activating group) is 1. The van der Waals surface area contributed by atoms with Gasteiger partial charge in [0.2, 0.25) is 11.7 Å². The SMILES string of the molecule is CN(C)C(=O)CCc1cc(N(C)C)c2c(c1O)C(=O)C1=C(O)[C@]3(O)C(=O)C(C(N)=O)=C(O)[C@H](N(C)C)[C@@H]3C[C@@H]1C2. The largest absolute Gasteiger partial charge is 0.510 e. The molecular weight excluding hydrogens is 520 g/mol. The van der Waals surface area contributed by atoms with Gasteiger partial charge in [0.25, 0.3) is 5.91 Å². The minimum Gasteiger partial charge on any atom is -0.510 e. The van der Waals surface area contributed by atoms with E-state index in [0.717, 1.165) is 0 Å². The lowest BCUT2D eigenvalue weighted by atomic mass is 9.58. The number of allylic oxidation sites excluding steroid dienone is 1. The van der Waals surface area contributed by atoms with Gasteiger partial charge >= 0.3 is 0 Å². The number of fused-ring (bicyclic) bond motifs is 3. The van der Waals surface area contributed by atoms with Gasteiger partial charge in [0.05, 0.1) is 11.6 Å². The predicted octanol–water partition coefficient (Wildman–Crippen LogP) is 0.207. The third kappa shape index (κ3) is 4.13. The van der Waals surface area contributed by atoms with Gasteiger partial charge < -0.3 is 36.0 Å². The summed E-state index contributed by atoms with van der Waals surface area (Å²) >= 11 is 0. The highest BCUT2D eigenvalue weighted by molar-refractivity contribution is 6.25. The molecule has 4 rings (SSSR count). The molecule has 0 unspecified atom stereocenters. The molecule has 0 fully saturated rings. The summed E-state index contributed by atoms with van der Waals surface area (Å²) in [5.74, 6) is -7.08. The summed E-state index contributed by atoms with van der Waals surface area (Å²) in [6.45, 7) is 0. The number of aliphatic hydroxyl groups excluding tert-OH is 2. The summed E-state index contributed by atoms with van der Waals surface area (Å²) in [5.41, 5.74) is 3.08. The lowest BCUT2D eigenvalue weighted by Gasteiger charge is -2.50. The molecule has 1 aromatic rings. The second-order valence-electron chi connectivity index (χ2n) is 11.4. The number of phenolic OH excluding ortho intramolecular Hbond substituents is 1. The van der Waals surface area contributed by atoms with Crippen molar-refractivity contribution in [3.8, 4) is 5.75 Å². The van der Waals surface area contributed by atoms with Crippen LogP contribution in [0.4, 0.5) is 5.69 Å². The number of ketones is 2. The summed E-state index contributed by atoms with van der Waals surface area (Å²) in [7, 11) is 9.96. The average molecular weight is 557 g/mol. The number of Topliss-reactive ketones (excluding diaryl/α,β-unsaturated/α-hetero) is 2. The van der Waals surface area contributed by atoms with E-state index in [9.17, 15) is 39.6 Å². The number of aryl methyl sites for hydroxylation is 1. The van der Waals surface area contributed by atoms with E-state index in [1.165, 1.54) is 9.80 Å². The van der Waals surface area contributed by atoms with E-state index < -0.39 is 58.0 Å². The number of aromatic hydroxyl groups is 1. The molecule has 0 aliphatic heterocycles. The molecule has 0 saturated carbocycles. The van der Waals surface area contributed by atoms with Gasteiger partial charge in [-0.2, -0.15) is 0 Å². The Morgan fingerprint density at radius 1 is 1.07 bits per heavy atom. The van der Waals surface area contributed by atoms with E-state index >= 15 is 0 Å². The Balaban J connectivity index is 1.92. The van der Waals surface area contributed by atoms with Crippen molar-refractivity contribution in [2.24, 2.45) is 17.6 Å². The summed E-state index contributed by atoms with van der Waals surface area (Å²) in [6, 6.07) is 0.683. The lowest BCUT2D eigenvalue weighted by Crippen LogP contribution is -2.63. The van der Waals surface area contributed by atoms with E-state index in [1.807, 2.05) is 0 Å². The van der Waals surface area contributed by atoms with Crippen molar-refractivity contribution in [1.29, 1.82) is 0 Å². The Bertz CT molecular complexity index is 1390. The Hall–Kier alpha value is -3.90. The number of nitrogens with two attached hydrogens (primary N) is 1. The number of rotatable bonds is 6. The van der Waals surface area contributed by atoms with Crippen molar-refractivity contribution in [2.45, 2.75) is 37.3 Å². The van der Waals surface area contributed by atoms with Crippen molar-refractivity contribution >= 4 is 29.1 Å². The number of anilines is 1. The van der Waals surface area contributed by atoms with Gasteiger partial charge in [0, 0.05) is 51.8 Å². The Labute approximate surface area is 232 Å². The molecule has 3 aliphatic rings. The summed E-state index contributed by atoms with van der Waals surface area (Å²) < 4.78 is 0. The van der Waals surface area contributed by atoms with Gasteiger partial charge in [-0.1, -0.05) is 0 Å². The fourth-order valence-electron chi connectivity index (χ4n) is 6.41. The standard InChI is InChI=1S/C28H36N4O8/c1-30(2)16-11-12(7-8-17(33)31(3)4)22(34)19-14(16)9-13-10-15-21(32(5)6)24(36)20(27(29)39)26(38)28(15,40)25(37)18(13)23(19)35/h11,13,15,21,34,36-37,40H,7-10H2,1-6H3,(H2,29,39)/t13-,15-,21+,28-/m0/s1. The molecule has 0 heterocycles. The molecule has 0 saturated heterocycles. The van der Waals surface area contributed by atoms with Crippen LogP contribution in [-0.2, 0) is 27.2 Å². The molecular formula is C28H36N4O8. The fraction of sp³-hybridized carbons (Fsp3) is 0.500. The van der Waals surface area contributed by atoms with Gasteiger partial charge in [0.15, 0.2) is 11.4 Å². The van der Waals surface area contributed by atoms with Crippen LogP contribution in [-0.4, -0.2) is 108 Å². The number of aliphatic hydroxyl groups is 3. The Kier molecular flexibility index (Phi) is 7.22. The number of carbonyl (C=O) groups excluding carboxylic acids is 4. The molecule has 12 heteroatoms. The molecule has 4 atom stereocenters. The monoisotopic (exact) mass is 556 g/mol. The van der Waals surface area contributed by atoms with Gasteiger partial charge in [-0.15, -0.1) is 0 Å². The van der Waals surface area contributed by atoms with E-state index in [-0.39, 0.29) is 48.5 Å². The van der Waals surface area contributed by atoms with E-state index in [1.54, 1.807) is 53.3 Å². The zero-order chi connectivity index (χ0) is 30.0. The van der Waals surface area contributed by atoms with Gasteiger partial charge in [0.1, 0.15) is 22.8 Å². The van der Waals surface area contributed by atoms with Crippen molar-refractivity contribution < 1.29 is 39.6 Å². The number of hydrogen-bond acceptors (Lipinski definition) is 10. The van der Waals surface area contributed by atoms with Crippen LogP contribution in [0, 0.1) is 11.8 Å². The van der Waals surface area contributed by atoms with Crippen LogP contribution in [0.5, 0.6) is 5.75 Å². The second-order valence-corrected chi connectivity index (χ2v) is 11.4. The summed E-state index contributed by atoms with van der Waals surface area (Å²) in [5, 5.41) is 45.3. The predicted molar refractivity (Wildman–Crippen MR) is 145 cm³/mol. The minimum absolute atomic E-state index is 0.0124. The first-order valence-corrected chi connectivity index (χ1v) is 13.0. The Morgan fingerprint density at radius 2 is 1.70 bits per heavy atom. The molecule has 0 bridgehead atoms. The van der Waals surface area contributed by atoms with Crippen LogP contribution < -0.4 is 10.6 Å². The van der Waals surface area contributed by atoms with Gasteiger partial charge in [-0.05, 0) is 56.5 Å². The van der Waals surface area contributed by atoms with Gasteiger partial charge in [-0.3, -0.25) is 24.1 Å². The molecule has 0 spiro atoms. The van der Waals surface area contributed by atoms with E-state index in [4.69, 9.17) is 5.73 Å². The third-order valence-corrected chi connectivity index (χ3v) is 8.37. The first-order chi connectivity index (χ1) is 18.5. The number of primary amides is 1. The van der Waals surface area contributed by atoms with Crippen LogP contribution in [0.1, 0.15) is 34.3 Å². The molecule has 0 aromatic heterocycles. The number of hydrogen-bond donors (Lipinski definition) is 5. The maximum absolute atomic E-state index is 14.0. The summed E-state index contributed by atoms with van der Waals surface area (Å²) in [4.78, 5) is 56.5. The van der Waals surface area contributed by atoms with E-state index in [2.05, 4.69) is 0 Å². The average Bonchev–Trinajstić information content (AvgIpc) is 2.84. The number of benzene rings is 1. The van der Waals surface area contributed by atoms with Crippen LogP contribution >= 0.6 is 0 Å². The highest BCUT2D eigenvalue weighted by Gasteiger charge is 2.63. The molecule has 6 N–H and O–H groups in total. The molecule has 40 heavy (non-hydrogen) atoms. The normalized spacial score (nSPS) is 25.9. The number of amides is 2. The summed E-state index contributed by atoms with van der Waals surface area (Å²) in [6.07, 6.45) is 0.440.